The first kappa shape index (κ1) is 15.6. The van der Waals surface area contributed by atoms with E-state index in [0.717, 1.165) is 25.1 Å². The molecule has 4 nitrogen and oxygen atoms in total. The van der Waals surface area contributed by atoms with Gasteiger partial charge in [0.25, 0.3) is 5.91 Å². The van der Waals surface area contributed by atoms with Gasteiger partial charge in [-0.15, -0.1) is 0 Å². The zero-order valence-corrected chi connectivity index (χ0v) is 13.3. The van der Waals surface area contributed by atoms with E-state index in [9.17, 15) is 4.79 Å². The van der Waals surface area contributed by atoms with Crippen molar-refractivity contribution in [2.24, 2.45) is 0 Å². The fraction of sp³-hybridized carbons (Fsp3) is 0.316. The van der Waals surface area contributed by atoms with Crippen molar-refractivity contribution in [3.8, 4) is 5.75 Å². The van der Waals surface area contributed by atoms with Gasteiger partial charge in [0.1, 0.15) is 12.4 Å². The summed E-state index contributed by atoms with van der Waals surface area (Å²) in [6, 6.07) is 16.9. The molecule has 4 heteroatoms. The van der Waals surface area contributed by atoms with Crippen molar-refractivity contribution in [2.75, 3.05) is 25.2 Å². The smallest absolute Gasteiger partial charge is 0.258 e. The Morgan fingerprint density at radius 3 is 2.78 bits per heavy atom. The van der Waals surface area contributed by atoms with E-state index in [0.29, 0.717) is 17.9 Å². The molecule has 0 spiro atoms. The molecule has 0 aromatic heterocycles. The summed E-state index contributed by atoms with van der Waals surface area (Å²) in [5.74, 6) is 0.645. The second-order valence-electron chi connectivity index (χ2n) is 5.67. The summed E-state index contributed by atoms with van der Waals surface area (Å²) in [5, 5.41) is 0. The highest BCUT2D eigenvalue weighted by atomic mass is 16.5. The first-order chi connectivity index (χ1) is 11.2. The Morgan fingerprint density at radius 2 is 2.04 bits per heavy atom. The van der Waals surface area contributed by atoms with Gasteiger partial charge in [-0.2, -0.15) is 0 Å². The van der Waals surface area contributed by atoms with Crippen molar-refractivity contribution >= 4 is 11.6 Å². The van der Waals surface area contributed by atoms with Crippen LogP contribution in [0.25, 0.3) is 0 Å². The topological polar surface area (TPSA) is 38.8 Å². The lowest BCUT2D eigenvalue weighted by Crippen LogP contribution is -2.26. The van der Waals surface area contributed by atoms with E-state index in [1.807, 2.05) is 42.5 Å². The standard InChI is InChI=1S/C19H21NO3/c1-20(16-8-3-2-4-9-16)19(21)15-7-5-10-17(13-15)23-14-18-11-6-12-22-18/h2-5,7-10,13,18H,6,11-12,14H2,1H3. The number of nitrogens with zero attached hydrogens (tertiary/aromatic N) is 1. The number of hydrogen-bond acceptors (Lipinski definition) is 3. The number of amides is 1. The lowest BCUT2D eigenvalue weighted by atomic mass is 10.1. The molecule has 1 amide bonds. The van der Waals surface area contributed by atoms with Crippen LogP contribution in [0.2, 0.25) is 0 Å². The van der Waals surface area contributed by atoms with Crippen molar-refractivity contribution in [2.45, 2.75) is 18.9 Å². The first-order valence-electron chi connectivity index (χ1n) is 7.91. The summed E-state index contributed by atoms with van der Waals surface area (Å²) >= 11 is 0. The zero-order valence-electron chi connectivity index (χ0n) is 13.3. The fourth-order valence-corrected chi connectivity index (χ4v) is 2.65. The lowest BCUT2D eigenvalue weighted by molar-refractivity contribution is 0.0679. The number of para-hydroxylation sites is 1. The summed E-state index contributed by atoms with van der Waals surface area (Å²) in [7, 11) is 1.78. The summed E-state index contributed by atoms with van der Waals surface area (Å²) in [5.41, 5.74) is 1.48. The number of benzene rings is 2. The molecule has 1 atom stereocenters. The summed E-state index contributed by atoms with van der Waals surface area (Å²) in [4.78, 5) is 14.2. The molecule has 0 saturated carbocycles. The van der Waals surface area contributed by atoms with Crippen LogP contribution in [0.4, 0.5) is 5.69 Å². The summed E-state index contributed by atoms with van der Waals surface area (Å²) < 4.78 is 11.3. The van der Waals surface area contributed by atoms with Gasteiger partial charge in [-0.05, 0) is 43.2 Å². The molecular weight excluding hydrogens is 290 g/mol. The van der Waals surface area contributed by atoms with E-state index >= 15 is 0 Å². The number of carbonyl (C=O) groups excluding carboxylic acids is 1. The highest BCUT2D eigenvalue weighted by Gasteiger charge is 2.17. The maximum absolute atomic E-state index is 12.6. The molecule has 1 heterocycles. The number of hydrogen-bond donors (Lipinski definition) is 0. The van der Waals surface area contributed by atoms with Crippen LogP contribution >= 0.6 is 0 Å². The Kier molecular flexibility index (Phi) is 4.93. The average Bonchev–Trinajstić information content (AvgIpc) is 3.13. The van der Waals surface area contributed by atoms with E-state index < -0.39 is 0 Å². The molecule has 23 heavy (non-hydrogen) atoms. The fourth-order valence-electron chi connectivity index (χ4n) is 2.65. The second kappa shape index (κ2) is 7.29. The molecule has 1 aliphatic heterocycles. The normalized spacial score (nSPS) is 17.0. The molecule has 1 unspecified atom stereocenters. The quantitative estimate of drug-likeness (QED) is 0.848. The van der Waals surface area contributed by atoms with Gasteiger partial charge in [-0.25, -0.2) is 0 Å². The Bertz CT molecular complexity index is 651. The molecule has 0 radical (unpaired) electrons. The van der Waals surface area contributed by atoms with Crippen LogP contribution in [0.1, 0.15) is 23.2 Å². The molecule has 1 fully saturated rings. The predicted octanol–water partition coefficient (Wildman–Crippen LogP) is 3.52. The second-order valence-corrected chi connectivity index (χ2v) is 5.67. The molecule has 1 saturated heterocycles. The van der Waals surface area contributed by atoms with Gasteiger partial charge in [0, 0.05) is 24.9 Å². The molecule has 0 bridgehead atoms. The van der Waals surface area contributed by atoms with E-state index in [1.165, 1.54) is 0 Å². The Labute approximate surface area is 136 Å². The minimum absolute atomic E-state index is 0.0567. The SMILES string of the molecule is CN(C(=O)c1cccc(OCC2CCCO2)c1)c1ccccc1. The van der Waals surface area contributed by atoms with Gasteiger partial charge in [-0.3, -0.25) is 4.79 Å². The van der Waals surface area contributed by atoms with Crippen LogP contribution in [0.5, 0.6) is 5.75 Å². The Hall–Kier alpha value is -2.33. The summed E-state index contributed by atoms with van der Waals surface area (Å²) in [6.45, 7) is 1.35. The number of ether oxygens (including phenoxy) is 2. The predicted molar refractivity (Wildman–Crippen MR) is 90.1 cm³/mol. The van der Waals surface area contributed by atoms with Crippen molar-refractivity contribution < 1.29 is 14.3 Å². The van der Waals surface area contributed by atoms with Crippen LogP contribution < -0.4 is 9.64 Å². The highest BCUT2D eigenvalue weighted by molar-refractivity contribution is 6.05. The third kappa shape index (κ3) is 3.90. The van der Waals surface area contributed by atoms with Crippen LogP contribution in [-0.4, -0.2) is 32.3 Å². The van der Waals surface area contributed by atoms with Crippen LogP contribution in [0, 0.1) is 0 Å². The molecular formula is C19H21NO3. The van der Waals surface area contributed by atoms with Gasteiger partial charge in [0.2, 0.25) is 0 Å². The molecule has 120 valence electrons. The maximum atomic E-state index is 12.6. The highest BCUT2D eigenvalue weighted by Crippen LogP contribution is 2.20. The Morgan fingerprint density at radius 1 is 1.22 bits per heavy atom. The van der Waals surface area contributed by atoms with Crippen molar-refractivity contribution in [3.05, 3.63) is 60.2 Å². The monoisotopic (exact) mass is 311 g/mol. The third-order valence-corrected chi connectivity index (χ3v) is 3.99. The number of anilines is 1. The first-order valence-corrected chi connectivity index (χ1v) is 7.91. The van der Waals surface area contributed by atoms with Gasteiger partial charge in [-0.1, -0.05) is 24.3 Å². The maximum Gasteiger partial charge on any atom is 0.258 e. The molecule has 2 aromatic rings. The number of carbonyl (C=O) groups is 1. The van der Waals surface area contributed by atoms with Crippen molar-refractivity contribution in [1.29, 1.82) is 0 Å². The van der Waals surface area contributed by atoms with E-state index in [1.54, 1.807) is 24.1 Å². The van der Waals surface area contributed by atoms with Crippen LogP contribution in [0.3, 0.4) is 0 Å². The van der Waals surface area contributed by atoms with Crippen LogP contribution in [0.15, 0.2) is 54.6 Å². The van der Waals surface area contributed by atoms with E-state index in [4.69, 9.17) is 9.47 Å². The van der Waals surface area contributed by atoms with Crippen molar-refractivity contribution in [3.63, 3.8) is 0 Å². The van der Waals surface area contributed by atoms with Gasteiger partial charge in [0.15, 0.2) is 0 Å². The molecule has 0 N–H and O–H groups in total. The van der Waals surface area contributed by atoms with Crippen molar-refractivity contribution in [1.82, 2.24) is 0 Å². The minimum atomic E-state index is -0.0567. The molecule has 3 rings (SSSR count). The van der Waals surface area contributed by atoms with E-state index in [2.05, 4.69) is 0 Å². The molecule has 1 aliphatic rings. The largest absolute Gasteiger partial charge is 0.491 e. The number of rotatable bonds is 5. The lowest BCUT2D eigenvalue weighted by Gasteiger charge is -2.18. The van der Waals surface area contributed by atoms with Gasteiger partial charge >= 0.3 is 0 Å². The zero-order chi connectivity index (χ0) is 16.1. The average molecular weight is 311 g/mol. The van der Waals surface area contributed by atoms with Crippen LogP contribution in [-0.2, 0) is 4.74 Å². The Balaban J connectivity index is 1.67. The van der Waals surface area contributed by atoms with Gasteiger partial charge in [0.05, 0.1) is 6.10 Å². The summed E-state index contributed by atoms with van der Waals surface area (Å²) in [6.07, 6.45) is 2.30. The van der Waals surface area contributed by atoms with E-state index in [-0.39, 0.29) is 12.0 Å². The minimum Gasteiger partial charge on any atom is -0.491 e. The van der Waals surface area contributed by atoms with Gasteiger partial charge < -0.3 is 14.4 Å². The molecule has 2 aromatic carbocycles. The third-order valence-electron chi connectivity index (χ3n) is 3.99. The molecule has 0 aliphatic carbocycles.